The molecule has 0 aliphatic heterocycles. The zero-order chi connectivity index (χ0) is 14.4. The minimum atomic E-state index is -1.03. The van der Waals surface area contributed by atoms with Crippen LogP contribution in [0.5, 0.6) is 0 Å². The third-order valence-electron chi connectivity index (χ3n) is 2.90. The molecule has 1 aromatic rings. The number of carboxylic acid groups (broad SMARTS) is 1. The number of nitrogens with zero attached hydrogens (tertiary/aromatic N) is 2. The molecule has 0 aliphatic carbocycles. The number of carboxylic acids is 1. The van der Waals surface area contributed by atoms with Crippen LogP contribution in [0.1, 0.15) is 31.1 Å². The molecule has 6 heteroatoms. The van der Waals surface area contributed by atoms with E-state index in [2.05, 4.69) is 29.0 Å². The summed E-state index contributed by atoms with van der Waals surface area (Å²) in [6, 6.07) is 1.59. The van der Waals surface area contributed by atoms with E-state index in [1.54, 1.807) is 0 Å². The van der Waals surface area contributed by atoms with Crippen molar-refractivity contribution in [3.8, 4) is 0 Å². The summed E-state index contributed by atoms with van der Waals surface area (Å²) in [6.07, 6.45) is 1.31. The fraction of sp³-hybridized carbons (Fsp3) is 0.538. The van der Waals surface area contributed by atoms with E-state index < -0.39 is 5.97 Å². The largest absolute Gasteiger partial charge is 0.478 e. The summed E-state index contributed by atoms with van der Waals surface area (Å²) in [6.45, 7) is 9.13. The molecule has 0 fully saturated rings. The monoisotopic (exact) mass is 285 g/mol. The summed E-state index contributed by atoms with van der Waals surface area (Å²) in [5, 5.41) is 12.4. The highest BCUT2D eigenvalue weighted by Gasteiger charge is 2.12. The zero-order valence-electron chi connectivity index (χ0n) is 11.5. The second-order valence-electron chi connectivity index (χ2n) is 4.39. The Labute approximate surface area is 118 Å². The molecule has 19 heavy (non-hydrogen) atoms. The van der Waals surface area contributed by atoms with Gasteiger partial charge in [0.05, 0.1) is 10.6 Å². The van der Waals surface area contributed by atoms with E-state index in [9.17, 15) is 4.79 Å². The van der Waals surface area contributed by atoms with Crippen molar-refractivity contribution in [2.45, 2.75) is 26.8 Å². The lowest BCUT2D eigenvalue weighted by molar-refractivity contribution is 0.0696. The molecule has 0 amide bonds. The number of carbonyl (C=O) groups is 1. The van der Waals surface area contributed by atoms with Crippen LogP contribution in [0.4, 0.5) is 5.82 Å². The molecule has 1 aromatic heterocycles. The molecule has 0 saturated heterocycles. The van der Waals surface area contributed by atoms with E-state index in [1.165, 1.54) is 12.3 Å². The smallest absolute Gasteiger partial charge is 0.337 e. The number of hydrogen-bond acceptors (Lipinski definition) is 4. The first-order valence-electron chi connectivity index (χ1n) is 6.35. The first kappa shape index (κ1) is 15.7. The second-order valence-corrected chi connectivity index (χ2v) is 4.80. The molecule has 5 nitrogen and oxygen atoms in total. The molecule has 106 valence electrons. The van der Waals surface area contributed by atoms with Gasteiger partial charge in [0.25, 0.3) is 0 Å². The number of rotatable bonds is 7. The third kappa shape index (κ3) is 4.69. The third-order valence-corrected chi connectivity index (χ3v) is 3.19. The van der Waals surface area contributed by atoms with Gasteiger partial charge < -0.3 is 15.3 Å². The molecule has 0 spiro atoms. The van der Waals surface area contributed by atoms with Crippen LogP contribution in [0.3, 0.4) is 0 Å². The Morgan fingerprint density at radius 2 is 2.16 bits per heavy atom. The van der Waals surface area contributed by atoms with Crippen molar-refractivity contribution in [3.63, 3.8) is 0 Å². The van der Waals surface area contributed by atoms with Crippen molar-refractivity contribution < 1.29 is 9.90 Å². The van der Waals surface area contributed by atoms with Gasteiger partial charge in [-0.05, 0) is 26.1 Å². The van der Waals surface area contributed by atoms with Crippen LogP contribution < -0.4 is 5.32 Å². The van der Waals surface area contributed by atoms with Crippen molar-refractivity contribution in [3.05, 3.63) is 22.8 Å². The number of likely N-dealkylation sites (N-methyl/N-ethyl adjacent to an activating group) is 1. The first-order valence-corrected chi connectivity index (χ1v) is 6.73. The van der Waals surface area contributed by atoms with E-state index in [4.69, 9.17) is 16.7 Å². The van der Waals surface area contributed by atoms with E-state index in [0.717, 1.165) is 19.6 Å². The van der Waals surface area contributed by atoms with Gasteiger partial charge in [-0.1, -0.05) is 25.4 Å². The van der Waals surface area contributed by atoms with Crippen molar-refractivity contribution >= 4 is 23.4 Å². The van der Waals surface area contributed by atoms with Gasteiger partial charge in [-0.3, -0.25) is 0 Å². The summed E-state index contributed by atoms with van der Waals surface area (Å²) in [5.41, 5.74) is 0.0898. The number of anilines is 1. The standard InChI is InChI=1S/C13H20ClN3O2/c1-4-17(5-2)8-9(3)16-12-11(14)6-10(7-15-12)13(18)19/h6-7,9H,4-5,8H2,1-3H3,(H,15,16)(H,18,19). The lowest BCUT2D eigenvalue weighted by atomic mass is 10.2. The van der Waals surface area contributed by atoms with Crippen molar-refractivity contribution in [1.29, 1.82) is 0 Å². The molecule has 0 bridgehead atoms. The quantitative estimate of drug-likeness (QED) is 0.806. The summed E-state index contributed by atoms with van der Waals surface area (Å²) >= 11 is 6.02. The zero-order valence-corrected chi connectivity index (χ0v) is 12.2. The Bertz CT molecular complexity index is 436. The molecular formula is C13H20ClN3O2. The summed E-state index contributed by atoms with van der Waals surface area (Å²) in [4.78, 5) is 17.1. The van der Waals surface area contributed by atoms with Crippen molar-refractivity contribution in [1.82, 2.24) is 9.88 Å². The highest BCUT2D eigenvalue weighted by atomic mass is 35.5. The molecule has 1 atom stereocenters. The van der Waals surface area contributed by atoms with Crippen LogP contribution in [0, 0.1) is 0 Å². The van der Waals surface area contributed by atoms with Gasteiger partial charge in [-0.15, -0.1) is 0 Å². The Morgan fingerprint density at radius 3 is 2.63 bits per heavy atom. The molecule has 0 aliphatic rings. The molecule has 0 aromatic carbocycles. The molecule has 1 heterocycles. The summed E-state index contributed by atoms with van der Waals surface area (Å²) in [7, 11) is 0. The number of hydrogen-bond donors (Lipinski definition) is 2. The van der Waals surface area contributed by atoms with E-state index in [1.807, 2.05) is 6.92 Å². The topological polar surface area (TPSA) is 65.5 Å². The Hall–Kier alpha value is -1.33. The van der Waals surface area contributed by atoms with Gasteiger partial charge in [0, 0.05) is 18.8 Å². The number of pyridine rings is 1. The molecule has 1 rings (SSSR count). The van der Waals surface area contributed by atoms with Gasteiger partial charge >= 0.3 is 5.97 Å². The molecular weight excluding hydrogens is 266 g/mol. The predicted octanol–water partition coefficient (Wildman–Crippen LogP) is 2.58. The van der Waals surface area contributed by atoms with Crippen LogP contribution in [0.25, 0.3) is 0 Å². The van der Waals surface area contributed by atoms with E-state index in [-0.39, 0.29) is 11.6 Å². The first-order chi connectivity index (χ1) is 8.97. The van der Waals surface area contributed by atoms with Crippen LogP contribution in [-0.2, 0) is 0 Å². The Balaban J connectivity index is 2.69. The Kier molecular flexibility index (Phi) is 6.05. The normalized spacial score (nSPS) is 12.5. The molecule has 0 radical (unpaired) electrons. The lowest BCUT2D eigenvalue weighted by Crippen LogP contribution is -2.35. The predicted molar refractivity (Wildman–Crippen MR) is 77.1 cm³/mol. The highest BCUT2D eigenvalue weighted by Crippen LogP contribution is 2.20. The van der Waals surface area contributed by atoms with Gasteiger partial charge in [0.2, 0.25) is 0 Å². The second kappa shape index (κ2) is 7.31. The number of halogens is 1. The van der Waals surface area contributed by atoms with Crippen LogP contribution >= 0.6 is 11.6 Å². The fourth-order valence-corrected chi connectivity index (χ4v) is 2.03. The average Bonchev–Trinajstić information content (AvgIpc) is 2.38. The molecule has 1 unspecified atom stereocenters. The van der Waals surface area contributed by atoms with Gasteiger partial charge in [-0.25, -0.2) is 9.78 Å². The number of aromatic carboxylic acids is 1. The lowest BCUT2D eigenvalue weighted by Gasteiger charge is -2.24. The van der Waals surface area contributed by atoms with Crippen LogP contribution in [-0.4, -0.2) is 46.6 Å². The van der Waals surface area contributed by atoms with E-state index in [0.29, 0.717) is 10.8 Å². The van der Waals surface area contributed by atoms with Gasteiger partial charge in [-0.2, -0.15) is 0 Å². The molecule has 2 N–H and O–H groups in total. The maximum atomic E-state index is 10.8. The van der Waals surface area contributed by atoms with Gasteiger partial charge in [0.15, 0.2) is 0 Å². The summed E-state index contributed by atoms with van der Waals surface area (Å²) in [5.74, 6) is -0.511. The van der Waals surface area contributed by atoms with Crippen molar-refractivity contribution in [2.75, 3.05) is 25.0 Å². The fourth-order valence-electron chi connectivity index (χ4n) is 1.81. The van der Waals surface area contributed by atoms with Gasteiger partial charge in [0.1, 0.15) is 5.82 Å². The minimum Gasteiger partial charge on any atom is -0.478 e. The average molecular weight is 286 g/mol. The minimum absolute atomic E-state index is 0.0898. The SMILES string of the molecule is CCN(CC)CC(C)Nc1ncc(C(=O)O)cc1Cl. The van der Waals surface area contributed by atoms with Crippen molar-refractivity contribution in [2.24, 2.45) is 0 Å². The number of nitrogens with one attached hydrogen (secondary N) is 1. The van der Waals surface area contributed by atoms with E-state index >= 15 is 0 Å². The maximum Gasteiger partial charge on any atom is 0.337 e. The molecule has 0 saturated carbocycles. The Morgan fingerprint density at radius 1 is 1.53 bits per heavy atom. The number of aromatic nitrogens is 1. The highest BCUT2D eigenvalue weighted by molar-refractivity contribution is 6.33. The van der Waals surface area contributed by atoms with Crippen LogP contribution in [0.2, 0.25) is 5.02 Å². The summed E-state index contributed by atoms with van der Waals surface area (Å²) < 4.78 is 0. The van der Waals surface area contributed by atoms with Crippen LogP contribution in [0.15, 0.2) is 12.3 Å². The maximum absolute atomic E-state index is 10.8.